The Balaban J connectivity index is 0.00000225. The molecular formula is C12H10ClNaO2. The summed E-state index contributed by atoms with van der Waals surface area (Å²) < 4.78 is 0. The van der Waals surface area contributed by atoms with Gasteiger partial charge in [-0.1, -0.05) is 35.9 Å². The van der Waals surface area contributed by atoms with Crippen molar-refractivity contribution in [2.75, 3.05) is 0 Å². The summed E-state index contributed by atoms with van der Waals surface area (Å²) in [6.45, 7) is 1.70. The van der Waals surface area contributed by atoms with Gasteiger partial charge in [0.1, 0.15) is 0 Å². The smallest absolute Gasteiger partial charge is 0.545 e. The van der Waals surface area contributed by atoms with Crippen molar-refractivity contribution in [2.24, 2.45) is 0 Å². The van der Waals surface area contributed by atoms with Gasteiger partial charge in [0, 0.05) is 5.02 Å². The number of carbonyl (C=O) groups is 1. The van der Waals surface area contributed by atoms with Gasteiger partial charge in [-0.05, 0) is 36.3 Å². The maximum absolute atomic E-state index is 10.2. The average molecular weight is 245 g/mol. The second kappa shape index (κ2) is 7.69. The Morgan fingerprint density at radius 1 is 1.31 bits per heavy atom. The Morgan fingerprint density at radius 3 is 2.38 bits per heavy atom. The second-order valence-electron chi connectivity index (χ2n) is 3.09. The maximum Gasteiger partial charge on any atom is 1.00 e. The van der Waals surface area contributed by atoms with Crippen molar-refractivity contribution in [2.45, 2.75) is 6.92 Å². The van der Waals surface area contributed by atoms with E-state index in [4.69, 9.17) is 11.6 Å². The van der Waals surface area contributed by atoms with Crippen LogP contribution in [0, 0.1) is 0 Å². The summed E-state index contributed by atoms with van der Waals surface area (Å²) in [5, 5.41) is 10.9. The second-order valence-corrected chi connectivity index (χ2v) is 3.53. The standard InChI is InChI=1S/C12H11ClO2.Na/c1-9(8-12(14)15)2-3-10-4-6-11(13)7-5-10;/h2-8H,1H3,(H,14,15);/q;+1/p-1/b3-2+,9-8-;. The van der Waals surface area contributed by atoms with Crippen LogP contribution in [0.25, 0.3) is 6.08 Å². The van der Waals surface area contributed by atoms with Gasteiger partial charge in [-0.25, -0.2) is 0 Å². The van der Waals surface area contributed by atoms with E-state index in [1.165, 1.54) is 0 Å². The normalized spacial score (nSPS) is 11.2. The van der Waals surface area contributed by atoms with Crippen LogP contribution in [0.4, 0.5) is 0 Å². The molecule has 0 aromatic heterocycles. The van der Waals surface area contributed by atoms with Crippen LogP contribution in [0.2, 0.25) is 5.02 Å². The van der Waals surface area contributed by atoms with E-state index in [1.807, 2.05) is 18.2 Å². The van der Waals surface area contributed by atoms with Gasteiger partial charge in [0.05, 0.1) is 5.97 Å². The van der Waals surface area contributed by atoms with Crippen molar-refractivity contribution in [3.05, 3.63) is 52.6 Å². The summed E-state index contributed by atoms with van der Waals surface area (Å²) in [5.74, 6) is -1.19. The number of hydrogen-bond donors (Lipinski definition) is 0. The van der Waals surface area contributed by atoms with Crippen molar-refractivity contribution >= 4 is 23.6 Å². The molecule has 0 N–H and O–H groups in total. The molecule has 0 saturated heterocycles. The number of hydrogen-bond acceptors (Lipinski definition) is 2. The van der Waals surface area contributed by atoms with E-state index < -0.39 is 5.97 Å². The first-order chi connectivity index (χ1) is 7.08. The first-order valence-corrected chi connectivity index (χ1v) is 4.78. The molecule has 0 bridgehead atoms. The molecule has 4 heteroatoms. The Bertz CT molecular complexity index is 408. The monoisotopic (exact) mass is 244 g/mol. The molecule has 16 heavy (non-hydrogen) atoms. The topological polar surface area (TPSA) is 40.1 Å². The van der Waals surface area contributed by atoms with Gasteiger partial charge < -0.3 is 9.90 Å². The Labute approximate surface area is 122 Å². The molecule has 2 nitrogen and oxygen atoms in total. The van der Waals surface area contributed by atoms with Crippen molar-refractivity contribution in [3.63, 3.8) is 0 Å². The fraction of sp³-hybridized carbons (Fsp3) is 0.0833. The third-order valence-electron chi connectivity index (χ3n) is 1.75. The molecular weight excluding hydrogens is 235 g/mol. The summed E-state index contributed by atoms with van der Waals surface area (Å²) in [4.78, 5) is 10.2. The number of aliphatic carboxylic acids is 1. The molecule has 1 aromatic rings. The number of benzene rings is 1. The van der Waals surface area contributed by atoms with E-state index in [0.717, 1.165) is 11.6 Å². The zero-order valence-electron chi connectivity index (χ0n) is 9.24. The summed E-state index contributed by atoms with van der Waals surface area (Å²) in [7, 11) is 0. The first kappa shape index (κ1) is 15.5. The number of allylic oxidation sites excluding steroid dienone is 2. The van der Waals surface area contributed by atoms with E-state index in [1.54, 1.807) is 25.1 Å². The Hall–Kier alpha value is -0.540. The first-order valence-electron chi connectivity index (χ1n) is 4.41. The van der Waals surface area contributed by atoms with Crippen LogP contribution in [0.15, 0.2) is 42.0 Å². The number of carboxylic acid groups (broad SMARTS) is 1. The van der Waals surface area contributed by atoms with Crippen molar-refractivity contribution < 1.29 is 39.5 Å². The predicted molar refractivity (Wildman–Crippen MR) is 59.3 cm³/mol. The molecule has 0 unspecified atom stereocenters. The largest absolute Gasteiger partial charge is 1.00 e. The van der Waals surface area contributed by atoms with Crippen LogP contribution >= 0.6 is 11.6 Å². The zero-order chi connectivity index (χ0) is 11.3. The van der Waals surface area contributed by atoms with Crippen LogP contribution in [-0.4, -0.2) is 5.97 Å². The van der Waals surface area contributed by atoms with Gasteiger partial charge in [-0.15, -0.1) is 0 Å². The number of carbonyl (C=O) groups excluding carboxylic acids is 1. The Kier molecular flexibility index (Phi) is 7.43. The maximum atomic E-state index is 10.2. The van der Waals surface area contributed by atoms with E-state index in [9.17, 15) is 9.90 Å². The van der Waals surface area contributed by atoms with Crippen molar-refractivity contribution in [1.29, 1.82) is 0 Å². The van der Waals surface area contributed by atoms with Gasteiger partial charge >= 0.3 is 29.6 Å². The van der Waals surface area contributed by atoms with Crippen LogP contribution in [-0.2, 0) is 4.79 Å². The molecule has 0 atom stereocenters. The third-order valence-corrected chi connectivity index (χ3v) is 2.01. The molecule has 0 amide bonds. The van der Waals surface area contributed by atoms with Gasteiger partial charge in [0.25, 0.3) is 0 Å². The molecule has 0 heterocycles. The molecule has 0 aliphatic rings. The van der Waals surface area contributed by atoms with E-state index in [2.05, 4.69) is 0 Å². The fourth-order valence-corrected chi connectivity index (χ4v) is 1.16. The summed E-state index contributed by atoms with van der Waals surface area (Å²) in [6, 6.07) is 7.26. The quantitative estimate of drug-likeness (QED) is 0.391. The minimum Gasteiger partial charge on any atom is -0.545 e. The van der Waals surface area contributed by atoms with Gasteiger partial charge in [0.15, 0.2) is 0 Å². The van der Waals surface area contributed by atoms with E-state index >= 15 is 0 Å². The predicted octanol–water partition coefficient (Wildman–Crippen LogP) is -0.947. The molecule has 0 spiro atoms. The SMILES string of the molecule is CC(=C/C(=O)[O-])/C=C/c1ccc(Cl)cc1.[Na+]. The average Bonchev–Trinajstić information content (AvgIpc) is 2.16. The molecule has 0 aliphatic carbocycles. The molecule has 78 valence electrons. The van der Waals surface area contributed by atoms with Crippen LogP contribution in [0.1, 0.15) is 12.5 Å². The van der Waals surface area contributed by atoms with Gasteiger partial charge in [0.2, 0.25) is 0 Å². The number of carboxylic acids is 1. The third kappa shape index (κ3) is 6.13. The fourth-order valence-electron chi connectivity index (χ4n) is 1.04. The van der Waals surface area contributed by atoms with Crippen LogP contribution < -0.4 is 34.7 Å². The molecule has 0 fully saturated rings. The van der Waals surface area contributed by atoms with E-state index in [0.29, 0.717) is 10.6 Å². The Morgan fingerprint density at radius 2 is 1.88 bits per heavy atom. The minimum absolute atomic E-state index is 0. The zero-order valence-corrected chi connectivity index (χ0v) is 12.0. The van der Waals surface area contributed by atoms with Crippen molar-refractivity contribution in [3.8, 4) is 0 Å². The van der Waals surface area contributed by atoms with Crippen LogP contribution in [0.3, 0.4) is 0 Å². The molecule has 0 aliphatic heterocycles. The molecule has 0 saturated carbocycles. The summed E-state index contributed by atoms with van der Waals surface area (Å²) >= 11 is 5.72. The molecule has 0 radical (unpaired) electrons. The molecule has 1 aromatic carbocycles. The molecule has 1 rings (SSSR count). The van der Waals surface area contributed by atoms with Crippen molar-refractivity contribution in [1.82, 2.24) is 0 Å². The summed E-state index contributed by atoms with van der Waals surface area (Å²) in [5.41, 5.74) is 1.59. The van der Waals surface area contributed by atoms with Gasteiger partial charge in [-0.2, -0.15) is 0 Å². The van der Waals surface area contributed by atoms with Crippen LogP contribution in [0.5, 0.6) is 0 Å². The number of rotatable bonds is 3. The minimum atomic E-state index is -1.19. The van der Waals surface area contributed by atoms with Gasteiger partial charge in [-0.3, -0.25) is 0 Å². The summed E-state index contributed by atoms with van der Waals surface area (Å²) in [6.07, 6.45) is 4.57. The number of halogens is 1. The van der Waals surface area contributed by atoms with E-state index in [-0.39, 0.29) is 29.6 Å².